The van der Waals surface area contributed by atoms with Gasteiger partial charge in [-0.2, -0.15) is 12.7 Å². The van der Waals surface area contributed by atoms with E-state index in [1.807, 2.05) is 43.3 Å². The quantitative estimate of drug-likeness (QED) is 0.490. The molecule has 10 heteroatoms. The van der Waals surface area contributed by atoms with Gasteiger partial charge in [-0.05, 0) is 62.6 Å². The number of likely N-dealkylation sites (N-methyl/N-ethyl adjacent to an activating group) is 1. The van der Waals surface area contributed by atoms with E-state index in [0.29, 0.717) is 12.2 Å². The molecule has 0 bridgehead atoms. The number of benzene rings is 2. The molecule has 0 aliphatic carbocycles. The van der Waals surface area contributed by atoms with Crippen molar-refractivity contribution in [3.8, 4) is 0 Å². The topological polar surface area (TPSA) is 90.0 Å². The highest BCUT2D eigenvalue weighted by Gasteiger charge is 2.33. The van der Waals surface area contributed by atoms with Gasteiger partial charge in [0.15, 0.2) is 0 Å². The van der Waals surface area contributed by atoms with Gasteiger partial charge in [0.05, 0.1) is 5.69 Å². The van der Waals surface area contributed by atoms with E-state index in [4.69, 9.17) is 0 Å². The summed E-state index contributed by atoms with van der Waals surface area (Å²) in [7, 11) is -1.13. The van der Waals surface area contributed by atoms with Crippen molar-refractivity contribution in [1.29, 1.82) is 0 Å². The van der Waals surface area contributed by atoms with Crippen LogP contribution in [0, 0.1) is 13.8 Å². The molecule has 0 saturated carbocycles. The average molecular weight is 554 g/mol. The Labute approximate surface area is 211 Å². The second-order valence-corrected chi connectivity index (χ2v) is 11.3. The monoisotopic (exact) mass is 552 g/mol. The molecule has 0 saturated heterocycles. The second-order valence-electron chi connectivity index (χ2n) is 8.31. The maximum Gasteiger partial charge on any atom is 0.304 e. The Morgan fingerprint density at radius 2 is 1.68 bits per heavy atom. The molecular formula is C24H33BrN4O4S. The zero-order valence-electron chi connectivity index (χ0n) is 20.5. The van der Waals surface area contributed by atoms with Gasteiger partial charge in [-0.1, -0.05) is 40.2 Å². The first-order valence-corrected chi connectivity index (χ1v) is 13.2. The molecule has 8 nitrogen and oxygen atoms in total. The Morgan fingerprint density at radius 1 is 1.06 bits per heavy atom. The lowest BCUT2D eigenvalue weighted by atomic mass is 10.1. The van der Waals surface area contributed by atoms with E-state index in [1.165, 1.54) is 19.0 Å². The van der Waals surface area contributed by atoms with E-state index >= 15 is 0 Å². The Kier molecular flexibility index (Phi) is 9.66. The van der Waals surface area contributed by atoms with E-state index in [-0.39, 0.29) is 12.5 Å². The first-order chi connectivity index (χ1) is 15.9. The number of halogens is 1. The number of amides is 2. The molecule has 0 radical (unpaired) electrons. The van der Waals surface area contributed by atoms with Crippen molar-refractivity contribution in [3.63, 3.8) is 0 Å². The maximum atomic E-state index is 13.6. The van der Waals surface area contributed by atoms with Crippen LogP contribution in [-0.2, 0) is 26.3 Å². The second kappa shape index (κ2) is 11.8. The third kappa shape index (κ3) is 6.80. The predicted molar refractivity (Wildman–Crippen MR) is 139 cm³/mol. The number of nitrogens with one attached hydrogen (secondary N) is 1. The minimum Gasteiger partial charge on any atom is -0.355 e. The first-order valence-electron chi connectivity index (χ1n) is 11.0. The first kappa shape index (κ1) is 27.8. The fraction of sp³-hybridized carbons (Fsp3) is 0.417. The van der Waals surface area contributed by atoms with Crippen LogP contribution in [-0.4, -0.2) is 62.7 Å². The van der Waals surface area contributed by atoms with E-state index in [9.17, 15) is 18.0 Å². The van der Waals surface area contributed by atoms with Crippen molar-refractivity contribution in [2.45, 2.75) is 40.3 Å². The molecule has 0 heterocycles. The normalized spacial score (nSPS) is 12.4. The molecule has 2 rings (SSSR count). The molecule has 186 valence electrons. The minimum absolute atomic E-state index is 0.160. The van der Waals surface area contributed by atoms with Gasteiger partial charge in [0.1, 0.15) is 12.6 Å². The highest BCUT2D eigenvalue weighted by atomic mass is 79.9. The molecule has 0 aliphatic heterocycles. The van der Waals surface area contributed by atoms with Crippen LogP contribution < -0.4 is 9.62 Å². The Balaban J connectivity index is 2.49. The van der Waals surface area contributed by atoms with Crippen LogP contribution in [0.25, 0.3) is 0 Å². The molecule has 1 unspecified atom stereocenters. The number of carbonyl (C=O) groups excluding carboxylic acids is 2. The molecule has 1 N–H and O–H groups in total. The lowest BCUT2D eigenvalue weighted by molar-refractivity contribution is -0.139. The van der Waals surface area contributed by atoms with E-state index in [2.05, 4.69) is 21.2 Å². The molecule has 2 aromatic rings. The Hall–Kier alpha value is -2.43. The highest BCUT2D eigenvalue weighted by Crippen LogP contribution is 2.26. The summed E-state index contributed by atoms with van der Waals surface area (Å²) in [5, 5.41) is 2.75. The summed E-state index contributed by atoms with van der Waals surface area (Å²) in [4.78, 5) is 27.7. The fourth-order valence-corrected chi connectivity index (χ4v) is 4.76. The van der Waals surface area contributed by atoms with E-state index in [0.717, 1.165) is 29.8 Å². The smallest absolute Gasteiger partial charge is 0.304 e. The number of nitrogens with zero attached hydrogens (tertiary/aromatic N) is 3. The van der Waals surface area contributed by atoms with Crippen molar-refractivity contribution < 1.29 is 18.0 Å². The van der Waals surface area contributed by atoms with Crippen LogP contribution in [0.2, 0.25) is 0 Å². The molecule has 2 amide bonds. The summed E-state index contributed by atoms with van der Waals surface area (Å²) in [5.41, 5.74) is 2.84. The van der Waals surface area contributed by atoms with Gasteiger partial charge >= 0.3 is 10.2 Å². The van der Waals surface area contributed by atoms with Gasteiger partial charge in [0.2, 0.25) is 11.8 Å². The summed E-state index contributed by atoms with van der Waals surface area (Å²) in [6, 6.07) is 12.1. The largest absolute Gasteiger partial charge is 0.355 e. The Bertz CT molecular complexity index is 1120. The summed E-state index contributed by atoms with van der Waals surface area (Å²) < 4.78 is 29.6. The SMILES string of the molecule is CCNC(=O)C(C)N(Cc1ccc(Br)cc1)C(=O)CN(c1cc(C)ccc1C)S(=O)(=O)N(C)C. The fourth-order valence-electron chi connectivity index (χ4n) is 3.38. The predicted octanol–water partition coefficient (Wildman–Crippen LogP) is 3.23. The molecule has 34 heavy (non-hydrogen) atoms. The molecule has 0 aromatic heterocycles. The average Bonchev–Trinajstić information content (AvgIpc) is 2.78. The third-order valence-electron chi connectivity index (χ3n) is 5.44. The van der Waals surface area contributed by atoms with Gasteiger partial charge in [-0.15, -0.1) is 0 Å². The summed E-state index contributed by atoms with van der Waals surface area (Å²) >= 11 is 3.40. The third-order valence-corrected chi connectivity index (χ3v) is 7.77. The standard InChI is InChI=1S/C24H33BrN4O4S/c1-7-26-24(31)19(4)28(15-20-10-12-21(25)13-11-20)23(30)16-29(34(32,33)27(5)6)22-14-17(2)8-9-18(22)3/h8-14,19H,7,15-16H2,1-6H3,(H,26,31). The zero-order chi connectivity index (χ0) is 25.6. The van der Waals surface area contributed by atoms with Gasteiger partial charge in [-0.3, -0.25) is 9.59 Å². The summed E-state index contributed by atoms with van der Waals surface area (Å²) in [6.45, 7) is 7.25. The number of hydrogen-bond donors (Lipinski definition) is 1. The number of aryl methyl sites for hydroxylation is 2. The van der Waals surface area contributed by atoms with Crippen LogP contribution in [0.5, 0.6) is 0 Å². The minimum atomic E-state index is -3.98. The van der Waals surface area contributed by atoms with Crippen molar-refractivity contribution in [2.75, 3.05) is 31.5 Å². The molecule has 0 fully saturated rings. The highest BCUT2D eigenvalue weighted by molar-refractivity contribution is 9.10. The van der Waals surface area contributed by atoms with Gasteiger partial charge in [0.25, 0.3) is 0 Å². The van der Waals surface area contributed by atoms with Crippen LogP contribution >= 0.6 is 15.9 Å². The number of rotatable bonds is 10. The van der Waals surface area contributed by atoms with E-state index in [1.54, 1.807) is 26.8 Å². The maximum absolute atomic E-state index is 13.6. The van der Waals surface area contributed by atoms with Crippen molar-refractivity contribution in [1.82, 2.24) is 14.5 Å². The van der Waals surface area contributed by atoms with Crippen molar-refractivity contribution in [3.05, 3.63) is 63.6 Å². The summed E-state index contributed by atoms with van der Waals surface area (Å²) in [6.07, 6.45) is 0. The lowest BCUT2D eigenvalue weighted by Gasteiger charge is -2.33. The van der Waals surface area contributed by atoms with Gasteiger partial charge < -0.3 is 10.2 Å². The van der Waals surface area contributed by atoms with Crippen molar-refractivity contribution in [2.24, 2.45) is 0 Å². The van der Waals surface area contributed by atoms with Crippen LogP contribution in [0.1, 0.15) is 30.5 Å². The molecule has 0 spiro atoms. The number of carbonyl (C=O) groups is 2. The zero-order valence-corrected chi connectivity index (χ0v) is 22.9. The lowest BCUT2D eigenvalue weighted by Crippen LogP contribution is -2.52. The summed E-state index contributed by atoms with van der Waals surface area (Å²) in [5.74, 6) is -0.783. The molecule has 2 aromatic carbocycles. The molecular weight excluding hydrogens is 520 g/mol. The van der Waals surface area contributed by atoms with Gasteiger partial charge in [0, 0.05) is 31.7 Å². The van der Waals surface area contributed by atoms with Crippen LogP contribution in [0.4, 0.5) is 5.69 Å². The van der Waals surface area contributed by atoms with Crippen LogP contribution in [0.15, 0.2) is 46.9 Å². The Morgan fingerprint density at radius 3 is 2.24 bits per heavy atom. The molecule has 0 aliphatic rings. The van der Waals surface area contributed by atoms with Crippen molar-refractivity contribution >= 4 is 43.6 Å². The number of anilines is 1. The molecule has 1 atom stereocenters. The van der Waals surface area contributed by atoms with E-state index < -0.39 is 28.7 Å². The number of hydrogen-bond acceptors (Lipinski definition) is 4. The van der Waals surface area contributed by atoms with Crippen LogP contribution in [0.3, 0.4) is 0 Å². The van der Waals surface area contributed by atoms with Gasteiger partial charge in [-0.25, -0.2) is 4.31 Å².